The molecular formula is C16H25ClO. The summed E-state index contributed by atoms with van der Waals surface area (Å²) in [4.78, 5) is 11.8. The summed E-state index contributed by atoms with van der Waals surface area (Å²) in [5, 5.41) is 0.754. The van der Waals surface area contributed by atoms with Crippen LogP contribution in [-0.2, 0) is 11.2 Å². The number of hydrogen-bond donors (Lipinski definition) is 0. The van der Waals surface area contributed by atoms with Crippen LogP contribution < -0.4 is 0 Å². The predicted octanol–water partition coefficient (Wildman–Crippen LogP) is 5.08. The summed E-state index contributed by atoms with van der Waals surface area (Å²) >= 11 is 5.90. The van der Waals surface area contributed by atoms with E-state index in [0.29, 0.717) is 5.78 Å². The van der Waals surface area contributed by atoms with Gasteiger partial charge in [-0.3, -0.25) is 4.79 Å². The van der Waals surface area contributed by atoms with Gasteiger partial charge in [0.15, 0.2) is 0 Å². The number of rotatable bonds is 4. The van der Waals surface area contributed by atoms with Crippen molar-refractivity contribution in [3.8, 4) is 0 Å². The third-order valence-corrected chi connectivity index (χ3v) is 3.12. The normalized spacial score (nSPS) is 11.8. The van der Waals surface area contributed by atoms with Gasteiger partial charge in [0.2, 0.25) is 0 Å². The highest BCUT2D eigenvalue weighted by Gasteiger charge is 2.17. The fourth-order valence-electron chi connectivity index (χ4n) is 1.89. The van der Waals surface area contributed by atoms with E-state index >= 15 is 0 Å². The van der Waals surface area contributed by atoms with Crippen LogP contribution >= 0.6 is 11.6 Å². The Kier molecular flexibility index (Phi) is 7.93. The van der Waals surface area contributed by atoms with Crippen molar-refractivity contribution in [1.29, 1.82) is 0 Å². The van der Waals surface area contributed by atoms with Gasteiger partial charge in [0.1, 0.15) is 5.78 Å². The number of carbonyl (C=O) groups is 1. The molecule has 1 nitrogen and oxygen atoms in total. The molecule has 0 saturated heterocycles. The van der Waals surface area contributed by atoms with Crippen molar-refractivity contribution in [3.05, 3.63) is 34.3 Å². The lowest BCUT2D eigenvalue weighted by Crippen LogP contribution is -2.19. The Morgan fingerprint density at radius 1 is 1.22 bits per heavy atom. The summed E-state index contributed by atoms with van der Waals surface area (Å²) in [7, 11) is 0. The molecule has 1 atom stereocenters. The van der Waals surface area contributed by atoms with Crippen LogP contribution in [0.15, 0.2) is 18.2 Å². The van der Waals surface area contributed by atoms with Gasteiger partial charge in [-0.2, -0.15) is 0 Å². The molecule has 1 aromatic carbocycles. The quantitative estimate of drug-likeness (QED) is 0.744. The molecule has 18 heavy (non-hydrogen) atoms. The second kappa shape index (κ2) is 8.31. The molecule has 102 valence electrons. The van der Waals surface area contributed by atoms with Crippen LogP contribution in [0.2, 0.25) is 5.02 Å². The Bertz CT molecular complexity index is 383. The second-order valence-corrected chi connectivity index (χ2v) is 5.17. The van der Waals surface area contributed by atoms with Crippen molar-refractivity contribution >= 4 is 17.4 Å². The molecule has 0 aliphatic heterocycles. The molecule has 0 radical (unpaired) electrons. The molecule has 0 aromatic heterocycles. The van der Waals surface area contributed by atoms with E-state index in [0.717, 1.165) is 17.0 Å². The molecule has 1 unspecified atom stereocenters. The number of carbonyl (C=O) groups excluding carboxylic acids is 1. The number of Topliss-reactive ketones (excluding diaryl/α,β-unsaturated/α-hetero) is 1. The lowest BCUT2D eigenvalue weighted by Gasteiger charge is -2.14. The van der Waals surface area contributed by atoms with Gasteiger partial charge in [-0.05, 0) is 36.6 Å². The van der Waals surface area contributed by atoms with Crippen molar-refractivity contribution in [1.82, 2.24) is 0 Å². The first-order valence-corrected chi connectivity index (χ1v) is 7.08. The van der Waals surface area contributed by atoms with E-state index in [2.05, 4.69) is 0 Å². The van der Waals surface area contributed by atoms with Crippen LogP contribution in [-0.4, -0.2) is 5.78 Å². The Balaban J connectivity index is 0.00000137. The maximum absolute atomic E-state index is 11.8. The van der Waals surface area contributed by atoms with E-state index in [1.807, 2.05) is 59.7 Å². The maximum Gasteiger partial charge on any atom is 0.138 e. The van der Waals surface area contributed by atoms with Crippen LogP contribution in [0.1, 0.15) is 45.7 Å². The molecular weight excluding hydrogens is 244 g/mol. The van der Waals surface area contributed by atoms with E-state index in [1.54, 1.807) is 0 Å². The number of benzene rings is 1. The zero-order valence-corrected chi connectivity index (χ0v) is 13.1. The summed E-state index contributed by atoms with van der Waals surface area (Å²) in [5.41, 5.74) is 2.38. The van der Waals surface area contributed by atoms with Crippen molar-refractivity contribution in [2.24, 2.45) is 11.8 Å². The SMILES string of the molecule is CC.Cc1cc(Cl)ccc1CC(C)C(=O)C(C)C. The van der Waals surface area contributed by atoms with Crippen molar-refractivity contribution in [3.63, 3.8) is 0 Å². The average Bonchev–Trinajstić information content (AvgIpc) is 2.34. The monoisotopic (exact) mass is 268 g/mol. The van der Waals surface area contributed by atoms with E-state index in [4.69, 9.17) is 11.6 Å². The fraction of sp³-hybridized carbons (Fsp3) is 0.562. The predicted molar refractivity (Wildman–Crippen MR) is 80.3 cm³/mol. The van der Waals surface area contributed by atoms with Crippen LogP contribution in [0.25, 0.3) is 0 Å². The summed E-state index contributed by atoms with van der Waals surface area (Å²) in [6.07, 6.45) is 0.806. The fourth-order valence-corrected chi connectivity index (χ4v) is 2.11. The standard InChI is InChI=1S/C14H19ClO.C2H6/c1-9(2)14(16)11(4)7-12-5-6-13(15)8-10(12)3;1-2/h5-6,8-9,11H,7H2,1-4H3;1-2H3. The first kappa shape index (κ1) is 17.2. The largest absolute Gasteiger partial charge is 0.299 e. The third kappa shape index (κ3) is 5.22. The minimum atomic E-state index is 0.0832. The average molecular weight is 269 g/mol. The highest BCUT2D eigenvalue weighted by Crippen LogP contribution is 2.19. The molecule has 0 fully saturated rings. The minimum Gasteiger partial charge on any atom is -0.299 e. The molecule has 0 aliphatic rings. The topological polar surface area (TPSA) is 17.1 Å². The highest BCUT2D eigenvalue weighted by atomic mass is 35.5. The van der Waals surface area contributed by atoms with Crippen molar-refractivity contribution < 1.29 is 4.79 Å². The Morgan fingerprint density at radius 2 is 1.78 bits per heavy atom. The van der Waals surface area contributed by atoms with Crippen LogP contribution in [0, 0.1) is 18.8 Å². The van der Waals surface area contributed by atoms with Crippen LogP contribution in [0.5, 0.6) is 0 Å². The summed E-state index contributed by atoms with van der Waals surface area (Å²) in [6.45, 7) is 11.9. The van der Waals surface area contributed by atoms with E-state index in [1.165, 1.54) is 5.56 Å². The second-order valence-electron chi connectivity index (χ2n) is 4.73. The van der Waals surface area contributed by atoms with E-state index < -0.39 is 0 Å². The highest BCUT2D eigenvalue weighted by molar-refractivity contribution is 6.30. The Hall–Kier alpha value is -0.820. The molecule has 1 rings (SSSR count). The number of halogens is 1. The third-order valence-electron chi connectivity index (χ3n) is 2.89. The lowest BCUT2D eigenvalue weighted by molar-refractivity contribution is -0.125. The van der Waals surface area contributed by atoms with Gasteiger partial charge >= 0.3 is 0 Å². The Labute approximate surface area is 117 Å². The molecule has 0 spiro atoms. The molecule has 0 saturated carbocycles. The molecule has 0 amide bonds. The first-order chi connectivity index (χ1) is 8.41. The first-order valence-electron chi connectivity index (χ1n) is 6.70. The van der Waals surface area contributed by atoms with Crippen LogP contribution in [0.4, 0.5) is 0 Å². The molecule has 0 heterocycles. The van der Waals surface area contributed by atoms with Gasteiger partial charge in [-0.1, -0.05) is 52.3 Å². The van der Waals surface area contributed by atoms with Crippen molar-refractivity contribution in [2.45, 2.75) is 48.0 Å². The maximum atomic E-state index is 11.8. The smallest absolute Gasteiger partial charge is 0.138 e. The molecule has 1 aromatic rings. The van der Waals surface area contributed by atoms with Gasteiger partial charge in [0.05, 0.1) is 0 Å². The van der Waals surface area contributed by atoms with Gasteiger partial charge in [0.25, 0.3) is 0 Å². The van der Waals surface area contributed by atoms with Gasteiger partial charge in [0, 0.05) is 16.9 Å². The van der Waals surface area contributed by atoms with Gasteiger partial charge in [-0.25, -0.2) is 0 Å². The molecule has 0 N–H and O–H groups in total. The molecule has 2 heteroatoms. The molecule has 0 aliphatic carbocycles. The van der Waals surface area contributed by atoms with E-state index in [-0.39, 0.29) is 11.8 Å². The zero-order chi connectivity index (χ0) is 14.3. The van der Waals surface area contributed by atoms with E-state index in [9.17, 15) is 4.79 Å². The lowest BCUT2D eigenvalue weighted by atomic mass is 9.90. The number of hydrogen-bond acceptors (Lipinski definition) is 1. The van der Waals surface area contributed by atoms with Crippen LogP contribution in [0.3, 0.4) is 0 Å². The zero-order valence-electron chi connectivity index (χ0n) is 12.4. The Morgan fingerprint density at radius 3 is 2.22 bits per heavy atom. The summed E-state index contributed by atoms with van der Waals surface area (Å²) < 4.78 is 0. The number of aryl methyl sites for hydroxylation is 1. The summed E-state index contributed by atoms with van der Waals surface area (Å²) in [6, 6.07) is 5.85. The van der Waals surface area contributed by atoms with Crippen molar-refractivity contribution in [2.75, 3.05) is 0 Å². The summed E-state index contributed by atoms with van der Waals surface area (Å²) in [5.74, 6) is 0.525. The van der Waals surface area contributed by atoms with Gasteiger partial charge in [-0.15, -0.1) is 0 Å². The molecule has 0 bridgehead atoms. The number of ketones is 1. The van der Waals surface area contributed by atoms with Gasteiger partial charge < -0.3 is 0 Å². The minimum absolute atomic E-state index is 0.0832.